The Kier molecular flexibility index (Phi) is 6.30. The number of aromatic nitrogens is 1. The Bertz CT molecular complexity index is 615. The van der Waals surface area contributed by atoms with Gasteiger partial charge in [0.05, 0.1) is 10.6 Å². The lowest BCUT2D eigenvalue weighted by Gasteiger charge is -2.30. The average molecular weight is 331 g/mol. The maximum atomic E-state index is 12.3. The minimum atomic E-state index is -0.115. The molecule has 0 aliphatic rings. The number of nitrogens with one attached hydrogen (secondary N) is 1. The lowest BCUT2D eigenvalue weighted by Crippen LogP contribution is -2.42. The first-order chi connectivity index (χ1) is 11.0. The molecule has 0 fully saturated rings. The number of rotatable bonds is 7. The standard InChI is InChI=1S/C18H25N3OS/c1-13(2)21(14(3)4)11-10-19-18(22)16-8-5-7-15(20-16)17-9-6-12-23-17/h5-9,12-14H,10-11H2,1-4H3,(H,19,22). The van der Waals surface area contributed by atoms with Crippen LogP contribution in [0.25, 0.3) is 10.6 Å². The Morgan fingerprint density at radius 2 is 1.91 bits per heavy atom. The van der Waals surface area contributed by atoms with E-state index in [1.807, 2.05) is 29.6 Å². The van der Waals surface area contributed by atoms with Crippen molar-refractivity contribution in [2.24, 2.45) is 0 Å². The molecule has 2 heterocycles. The van der Waals surface area contributed by atoms with E-state index in [0.29, 0.717) is 24.3 Å². The van der Waals surface area contributed by atoms with Crippen LogP contribution in [0.15, 0.2) is 35.7 Å². The number of amides is 1. The highest BCUT2D eigenvalue weighted by molar-refractivity contribution is 7.13. The molecule has 124 valence electrons. The van der Waals surface area contributed by atoms with Crippen molar-refractivity contribution in [3.8, 4) is 10.6 Å². The molecular formula is C18H25N3OS. The zero-order valence-electron chi connectivity index (χ0n) is 14.2. The Morgan fingerprint density at radius 3 is 2.52 bits per heavy atom. The second-order valence-corrected chi connectivity index (χ2v) is 7.01. The zero-order chi connectivity index (χ0) is 16.8. The van der Waals surface area contributed by atoms with Gasteiger partial charge in [0, 0.05) is 25.2 Å². The zero-order valence-corrected chi connectivity index (χ0v) is 15.1. The van der Waals surface area contributed by atoms with Crippen molar-refractivity contribution < 1.29 is 4.79 Å². The van der Waals surface area contributed by atoms with Crippen molar-refractivity contribution in [2.75, 3.05) is 13.1 Å². The van der Waals surface area contributed by atoms with Gasteiger partial charge in [0.25, 0.3) is 5.91 Å². The highest BCUT2D eigenvalue weighted by Crippen LogP contribution is 2.22. The molecule has 1 N–H and O–H groups in total. The van der Waals surface area contributed by atoms with Crippen LogP contribution in [0.2, 0.25) is 0 Å². The molecule has 1 amide bonds. The molecule has 2 aromatic rings. The SMILES string of the molecule is CC(C)N(CCNC(=O)c1cccc(-c2cccs2)n1)C(C)C. The number of hydrogen-bond acceptors (Lipinski definition) is 4. The number of carbonyl (C=O) groups excluding carboxylic acids is 1. The molecule has 0 saturated carbocycles. The molecule has 2 aromatic heterocycles. The fourth-order valence-electron chi connectivity index (χ4n) is 2.62. The first-order valence-electron chi connectivity index (χ1n) is 8.04. The lowest BCUT2D eigenvalue weighted by molar-refractivity contribution is 0.0934. The molecule has 4 nitrogen and oxygen atoms in total. The largest absolute Gasteiger partial charge is 0.349 e. The van der Waals surface area contributed by atoms with Crippen LogP contribution >= 0.6 is 11.3 Å². The number of hydrogen-bond donors (Lipinski definition) is 1. The van der Waals surface area contributed by atoms with Crippen molar-refractivity contribution in [1.29, 1.82) is 0 Å². The molecule has 0 spiro atoms. The molecule has 0 atom stereocenters. The molecule has 0 aliphatic carbocycles. The first-order valence-corrected chi connectivity index (χ1v) is 8.92. The Balaban J connectivity index is 1.95. The van der Waals surface area contributed by atoms with E-state index in [4.69, 9.17) is 0 Å². The predicted octanol–water partition coefficient (Wildman–Crippen LogP) is 3.66. The lowest BCUT2D eigenvalue weighted by atomic mass is 10.2. The van der Waals surface area contributed by atoms with Crippen LogP contribution in [0.5, 0.6) is 0 Å². The summed E-state index contributed by atoms with van der Waals surface area (Å²) in [5, 5.41) is 4.98. The summed E-state index contributed by atoms with van der Waals surface area (Å²) < 4.78 is 0. The third-order valence-corrected chi connectivity index (χ3v) is 4.63. The van der Waals surface area contributed by atoms with Gasteiger partial charge in [0.1, 0.15) is 5.69 Å². The summed E-state index contributed by atoms with van der Waals surface area (Å²) in [6.45, 7) is 10.2. The fraction of sp³-hybridized carbons (Fsp3) is 0.444. The van der Waals surface area contributed by atoms with E-state index in [9.17, 15) is 4.79 Å². The van der Waals surface area contributed by atoms with Crippen LogP contribution < -0.4 is 5.32 Å². The van der Waals surface area contributed by atoms with E-state index in [-0.39, 0.29) is 5.91 Å². The van der Waals surface area contributed by atoms with Crippen molar-refractivity contribution >= 4 is 17.2 Å². The van der Waals surface area contributed by atoms with E-state index in [0.717, 1.165) is 17.1 Å². The predicted molar refractivity (Wildman–Crippen MR) is 96.9 cm³/mol. The van der Waals surface area contributed by atoms with Crippen molar-refractivity contribution in [3.63, 3.8) is 0 Å². The van der Waals surface area contributed by atoms with E-state index in [2.05, 4.69) is 42.9 Å². The minimum Gasteiger partial charge on any atom is -0.349 e. The summed E-state index contributed by atoms with van der Waals surface area (Å²) in [6, 6.07) is 10.5. The maximum Gasteiger partial charge on any atom is 0.269 e. The molecule has 0 bridgehead atoms. The van der Waals surface area contributed by atoms with Gasteiger partial charge in [0.15, 0.2) is 0 Å². The summed E-state index contributed by atoms with van der Waals surface area (Å²) in [6.07, 6.45) is 0. The van der Waals surface area contributed by atoms with Crippen LogP contribution in [-0.4, -0.2) is 41.0 Å². The van der Waals surface area contributed by atoms with Gasteiger partial charge in [-0.15, -0.1) is 11.3 Å². The number of nitrogens with zero attached hydrogens (tertiary/aromatic N) is 2. The van der Waals surface area contributed by atoms with Gasteiger partial charge >= 0.3 is 0 Å². The Morgan fingerprint density at radius 1 is 1.17 bits per heavy atom. The van der Waals surface area contributed by atoms with E-state index < -0.39 is 0 Å². The van der Waals surface area contributed by atoms with Gasteiger partial charge in [-0.1, -0.05) is 12.1 Å². The first kappa shape index (κ1) is 17.6. The minimum absolute atomic E-state index is 0.115. The smallest absolute Gasteiger partial charge is 0.269 e. The summed E-state index contributed by atoms with van der Waals surface area (Å²) in [5.41, 5.74) is 1.31. The molecule has 0 saturated heterocycles. The van der Waals surface area contributed by atoms with Crippen molar-refractivity contribution in [3.05, 3.63) is 41.4 Å². The third-order valence-electron chi connectivity index (χ3n) is 3.74. The normalized spacial score (nSPS) is 11.4. The highest BCUT2D eigenvalue weighted by Gasteiger charge is 2.14. The number of thiophene rings is 1. The number of carbonyl (C=O) groups is 1. The van der Waals surface area contributed by atoms with Gasteiger partial charge < -0.3 is 5.32 Å². The molecule has 5 heteroatoms. The van der Waals surface area contributed by atoms with Crippen LogP contribution in [0.1, 0.15) is 38.2 Å². The molecule has 0 unspecified atom stereocenters. The highest BCUT2D eigenvalue weighted by atomic mass is 32.1. The van der Waals surface area contributed by atoms with Crippen LogP contribution in [0.3, 0.4) is 0 Å². The second kappa shape index (κ2) is 8.22. The molecule has 23 heavy (non-hydrogen) atoms. The molecule has 0 aliphatic heterocycles. The van der Waals surface area contributed by atoms with Crippen molar-refractivity contribution in [1.82, 2.24) is 15.2 Å². The molecular weight excluding hydrogens is 306 g/mol. The second-order valence-electron chi connectivity index (χ2n) is 6.07. The third kappa shape index (κ3) is 4.88. The Labute approximate surface area is 142 Å². The van der Waals surface area contributed by atoms with Crippen molar-refractivity contribution in [2.45, 2.75) is 39.8 Å². The van der Waals surface area contributed by atoms with Crippen LogP contribution in [-0.2, 0) is 0 Å². The van der Waals surface area contributed by atoms with Gasteiger partial charge in [-0.05, 0) is 51.3 Å². The molecule has 2 rings (SSSR count). The summed E-state index contributed by atoms with van der Waals surface area (Å²) >= 11 is 1.62. The van der Waals surface area contributed by atoms with Gasteiger partial charge in [-0.3, -0.25) is 9.69 Å². The van der Waals surface area contributed by atoms with Gasteiger partial charge in [-0.2, -0.15) is 0 Å². The summed E-state index contributed by atoms with van der Waals surface area (Å²) in [5.74, 6) is -0.115. The monoisotopic (exact) mass is 331 g/mol. The topological polar surface area (TPSA) is 45.2 Å². The van der Waals surface area contributed by atoms with Gasteiger partial charge in [0.2, 0.25) is 0 Å². The maximum absolute atomic E-state index is 12.3. The quantitative estimate of drug-likeness (QED) is 0.842. The van der Waals surface area contributed by atoms with E-state index in [1.165, 1.54) is 0 Å². The van der Waals surface area contributed by atoms with Crippen LogP contribution in [0, 0.1) is 0 Å². The molecule has 0 radical (unpaired) electrons. The molecule has 0 aromatic carbocycles. The fourth-order valence-corrected chi connectivity index (χ4v) is 3.32. The summed E-state index contributed by atoms with van der Waals surface area (Å²) in [7, 11) is 0. The van der Waals surface area contributed by atoms with E-state index >= 15 is 0 Å². The van der Waals surface area contributed by atoms with Gasteiger partial charge in [-0.25, -0.2) is 4.98 Å². The summed E-state index contributed by atoms with van der Waals surface area (Å²) in [4.78, 5) is 20.2. The Hall–Kier alpha value is -1.72. The average Bonchev–Trinajstić information content (AvgIpc) is 3.05. The van der Waals surface area contributed by atoms with E-state index in [1.54, 1.807) is 17.4 Å². The number of pyridine rings is 1. The van der Waals surface area contributed by atoms with Crippen LogP contribution in [0.4, 0.5) is 0 Å².